The van der Waals surface area contributed by atoms with E-state index in [2.05, 4.69) is 6.07 Å². The van der Waals surface area contributed by atoms with Crippen molar-refractivity contribution in [3.8, 4) is 34.8 Å². The van der Waals surface area contributed by atoms with Crippen molar-refractivity contribution in [2.75, 3.05) is 20.8 Å². The molecular formula is C26H20Cl2N2O6. The molecule has 36 heavy (non-hydrogen) atoms. The van der Waals surface area contributed by atoms with Gasteiger partial charge >= 0.3 is 5.97 Å². The fraction of sp³-hybridized carbons (Fsp3) is 0.154. The Morgan fingerprint density at radius 2 is 1.75 bits per heavy atom. The van der Waals surface area contributed by atoms with Gasteiger partial charge in [-0.3, -0.25) is 0 Å². The molecule has 3 aromatic rings. The van der Waals surface area contributed by atoms with Crippen molar-refractivity contribution in [3.63, 3.8) is 0 Å². The molecule has 1 atom stereocenters. The number of allylic oxidation sites excluding steroid dienone is 1. The van der Waals surface area contributed by atoms with Crippen LogP contribution in [-0.4, -0.2) is 26.8 Å². The van der Waals surface area contributed by atoms with E-state index in [9.17, 15) is 10.1 Å². The largest absolute Gasteiger partial charge is 0.497 e. The lowest BCUT2D eigenvalue weighted by atomic mass is 9.83. The molecule has 1 aliphatic heterocycles. The minimum Gasteiger partial charge on any atom is -0.497 e. The maximum absolute atomic E-state index is 12.4. The quantitative estimate of drug-likeness (QED) is 0.329. The first-order valence-electron chi connectivity index (χ1n) is 10.6. The number of nitrogens with zero attached hydrogens (tertiary/aromatic N) is 1. The highest BCUT2D eigenvalue weighted by Crippen LogP contribution is 2.46. The molecule has 10 heteroatoms. The van der Waals surface area contributed by atoms with Gasteiger partial charge in [-0.2, -0.15) is 5.26 Å². The van der Waals surface area contributed by atoms with Gasteiger partial charge in [-0.1, -0.05) is 35.3 Å². The van der Waals surface area contributed by atoms with Crippen LogP contribution in [0.1, 0.15) is 17.0 Å². The first kappa shape index (κ1) is 25.0. The molecule has 0 saturated carbocycles. The van der Waals surface area contributed by atoms with Crippen LogP contribution in [-0.2, 0) is 4.79 Å². The summed E-state index contributed by atoms with van der Waals surface area (Å²) >= 11 is 11.9. The number of hydrogen-bond acceptors (Lipinski definition) is 8. The van der Waals surface area contributed by atoms with Crippen molar-refractivity contribution >= 4 is 29.2 Å². The van der Waals surface area contributed by atoms with Crippen LogP contribution in [0.15, 0.2) is 66.1 Å². The summed E-state index contributed by atoms with van der Waals surface area (Å²) < 4.78 is 27.3. The fourth-order valence-electron chi connectivity index (χ4n) is 3.77. The van der Waals surface area contributed by atoms with Crippen molar-refractivity contribution in [1.82, 2.24) is 0 Å². The number of methoxy groups -OCH3 is 2. The fourth-order valence-corrected chi connectivity index (χ4v) is 4.23. The van der Waals surface area contributed by atoms with E-state index in [-0.39, 0.29) is 28.8 Å². The number of nitriles is 1. The van der Waals surface area contributed by atoms with Gasteiger partial charge in [-0.05, 0) is 30.3 Å². The number of nitrogens with two attached hydrogens (primary N) is 1. The highest BCUT2D eigenvalue weighted by Gasteiger charge is 2.33. The number of carbonyl (C=O) groups is 1. The van der Waals surface area contributed by atoms with Gasteiger partial charge in [0.25, 0.3) is 0 Å². The number of carbonyl (C=O) groups excluding carboxylic acids is 1. The second-order valence-electron chi connectivity index (χ2n) is 7.57. The zero-order valence-corrected chi connectivity index (χ0v) is 20.7. The third-order valence-corrected chi connectivity index (χ3v) is 5.94. The minimum atomic E-state index is -0.661. The lowest BCUT2D eigenvalue weighted by Gasteiger charge is -2.27. The van der Waals surface area contributed by atoms with E-state index < -0.39 is 11.9 Å². The summed E-state index contributed by atoms with van der Waals surface area (Å²) in [5, 5.41) is 10.5. The summed E-state index contributed by atoms with van der Waals surface area (Å²) in [6, 6.07) is 16.9. The Hall–Kier alpha value is -4.06. The SMILES string of the molecule is COc1ccc(C2C(C#N)=C(N)Oc3cc(OC(=O)COc4ccc(Cl)cc4Cl)ccc32)c(OC)c1. The Balaban J connectivity index is 1.59. The van der Waals surface area contributed by atoms with E-state index in [0.29, 0.717) is 39.1 Å². The van der Waals surface area contributed by atoms with Gasteiger partial charge in [-0.25, -0.2) is 4.79 Å². The zero-order chi connectivity index (χ0) is 25.8. The molecule has 0 amide bonds. The van der Waals surface area contributed by atoms with Crippen molar-refractivity contribution < 1.29 is 28.5 Å². The summed E-state index contributed by atoms with van der Waals surface area (Å²) in [7, 11) is 3.08. The van der Waals surface area contributed by atoms with Crippen LogP contribution >= 0.6 is 23.2 Å². The molecule has 1 aliphatic rings. The number of hydrogen-bond donors (Lipinski definition) is 1. The lowest BCUT2D eigenvalue weighted by Crippen LogP contribution is -2.22. The molecule has 0 saturated heterocycles. The number of benzene rings is 3. The van der Waals surface area contributed by atoms with Crippen LogP contribution in [0.2, 0.25) is 10.0 Å². The number of halogens is 2. The van der Waals surface area contributed by atoms with E-state index >= 15 is 0 Å². The third-order valence-electron chi connectivity index (χ3n) is 5.41. The summed E-state index contributed by atoms with van der Waals surface area (Å²) in [5.41, 5.74) is 7.65. The van der Waals surface area contributed by atoms with Crippen molar-refractivity contribution in [1.29, 1.82) is 5.26 Å². The highest BCUT2D eigenvalue weighted by atomic mass is 35.5. The molecule has 0 spiro atoms. The van der Waals surface area contributed by atoms with Crippen LogP contribution in [0.25, 0.3) is 0 Å². The smallest absolute Gasteiger partial charge is 0.349 e. The zero-order valence-electron chi connectivity index (χ0n) is 19.2. The van der Waals surface area contributed by atoms with Crippen molar-refractivity contribution in [2.45, 2.75) is 5.92 Å². The normalized spacial score (nSPS) is 14.2. The van der Waals surface area contributed by atoms with Gasteiger partial charge in [0, 0.05) is 28.3 Å². The summed E-state index contributed by atoms with van der Waals surface area (Å²) in [5.74, 6) is 0.664. The average Bonchev–Trinajstić information content (AvgIpc) is 2.87. The Morgan fingerprint density at radius 1 is 1.00 bits per heavy atom. The topological polar surface area (TPSA) is 113 Å². The Bertz CT molecular complexity index is 1400. The Morgan fingerprint density at radius 3 is 2.44 bits per heavy atom. The summed E-state index contributed by atoms with van der Waals surface area (Å²) in [6.45, 7) is -0.383. The molecule has 0 radical (unpaired) electrons. The maximum atomic E-state index is 12.4. The van der Waals surface area contributed by atoms with Crippen LogP contribution in [0.4, 0.5) is 0 Å². The molecule has 4 rings (SSSR count). The number of ether oxygens (including phenoxy) is 5. The predicted octanol–water partition coefficient (Wildman–Crippen LogP) is 5.21. The average molecular weight is 527 g/mol. The predicted molar refractivity (Wildman–Crippen MR) is 133 cm³/mol. The first-order valence-corrected chi connectivity index (χ1v) is 11.3. The number of fused-ring (bicyclic) bond motifs is 1. The van der Waals surface area contributed by atoms with E-state index in [4.69, 9.17) is 52.6 Å². The van der Waals surface area contributed by atoms with Gasteiger partial charge < -0.3 is 29.4 Å². The molecule has 184 valence electrons. The monoisotopic (exact) mass is 526 g/mol. The standard InChI is InChI=1S/C26H20Cl2N2O6/c1-32-15-4-6-17(22(10-15)33-2)25-18-7-5-16(11-23(18)36-26(30)19(25)12-29)35-24(31)13-34-21-8-3-14(27)9-20(21)28/h3-11,25H,13,30H2,1-2H3. The molecular weight excluding hydrogens is 507 g/mol. The highest BCUT2D eigenvalue weighted by molar-refractivity contribution is 6.35. The van der Waals surface area contributed by atoms with E-state index in [1.807, 2.05) is 0 Å². The van der Waals surface area contributed by atoms with Crippen LogP contribution < -0.4 is 29.4 Å². The van der Waals surface area contributed by atoms with Gasteiger partial charge in [0.2, 0.25) is 5.88 Å². The minimum absolute atomic E-state index is 0.0583. The Kier molecular flexibility index (Phi) is 7.44. The molecule has 0 bridgehead atoms. The summed E-state index contributed by atoms with van der Waals surface area (Å²) in [4.78, 5) is 12.4. The van der Waals surface area contributed by atoms with E-state index in [1.54, 1.807) is 49.6 Å². The van der Waals surface area contributed by atoms with Gasteiger partial charge in [0.05, 0.1) is 25.2 Å². The van der Waals surface area contributed by atoms with E-state index in [0.717, 1.165) is 0 Å². The van der Waals surface area contributed by atoms with Crippen LogP contribution in [0, 0.1) is 11.3 Å². The number of esters is 1. The third kappa shape index (κ3) is 5.13. The molecule has 0 aliphatic carbocycles. The van der Waals surface area contributed by atoms with Crippen molar-refractivity contribution in [3.05, 3.63) is 87.2 Å². The second-order valence-corrected chi connectivity index (χ2v) is 8.41. The molecule has 1 heterocycles. The maximum Gasteiger partial charge on any atom is 0.349 e. The molecule has 3 aromatic carbocycles. The number of rotatable bonds is 7. The Labute approximate surface area is 217 Å². The lowest BCUT2D eigenvalue weighted by molar-refractivity contribution is -0.136. The van der Waals surface area contributed by atoms with E-state index in [1.165, 1.54) is 19.2 Å². The van der Waals surface area contributed by atoms with Crippen molar-refractivity contribution in [2.24, 2.45) is 5.73 Å². The van der Waals surface area contributed by atoms with Crippen LogP contribution in [0.5, 0.6) is 28.7 Å². The van der Waals surface area contributed by atoms with Gasteiger partial charge in [0.1, 0.15) is 40.4 Å². The van der Waals surface area contributed by atoms with Gasteiger partial charge in [-0.15, -0.1) is 0 Å². The molecule has 0 aromatic heterocycles. The molecule has 2 N–H and O–H groups in total. The van der Waals surface area contributed by atoms with Crippen LogP contribution in [0.3, 0.4) is 0 Å². The van der Waals surface area contributed by atoms with Gasteiger partial charge in [0.15, 0.2) is 6.61 Å². The molecule has 1 unspecified atom stereocenters. The first-order chi connectivity index (χ1) is 17.3. The second kappa shape index (κ2) is 10.7. The molecule has 8 nitrogen and oxygen atoms in total. The summed E-state index contributed by atoms with van der Waals surface area (Å²) in [6.07, 6.45) is 0. The molecule has 0 fully saturated rings.